The molecule has 1 aromatic heterocycles. The molecule has 0 spiro atoms. The summed E-state index contributed by atoms with van der Waals surface area (Å²) in [5, 5.41) is 19.1. The molecule has 0 aliphatic carbocycles. The molecule has 0 aliphatic heterocycles. The first kappa shape index (κ1) is 8.07. The fourth-order valence-electron chi connectivity index (χ4n) is 1.17. The molecule has 1 aromatic carbocycles. The quantitative estimate of drug-likeness (QED) is 0.683. The molecule has 66 valence electrons. The minimum absolute atomic E-state index is 0.0501. The Hall–Kier alpha value is -1.55. The van der Waals surface area contributed by atoms with E-state index in [-0.39, 0.29) is 11.5 Å². The molecular formula is C9H6O3S. The lowest BCUT2D eigenvalue weighted by molar-refractivity contribution is 0.112. The first-order valence-corrected chi connectivity index (χ1v) is 4.43. The summed E-state index contributed by atoms with van der Waals surface area (Å²) in [6, 6.07) is 4.63. The topological polar surface area (TPSA) is 57.5 Å². The smallest absolute Gasteiger partial charge is 0.163 e. The van der Waals surface area contributed by atoms with Crippen LogP contribution in [0.2, 0.25) is 0 Å². The highest BCUT2D eigenvalue weighted by Gasteiger charge is 2.10. The van der Waals surface area contributed by atoms with E-state index in [1.807, 2.05) is 0 Å². The number of aromatic hydroxyl groups is 2. The molecule has 0 saturated carbocycles. The van der Waals surface area contributed by atoms with Crippen molar-refractivity contribution >= 4 is 27.7 Å². The third-order valence-corrected chi connectivity index (χ3v) is 2.86. The van der Waals surface area contributed by atoms with Gasteiger partial charge in [0.25, 0.3) is 0 Å². The van der Waals surface area contributed by atoms with E-state index in [2.05, 4.69) is 0 Å². The van der Waals surface area contributed by atoms with Crippen LogP contribution in [0.1, 0.15) is 9.67 Å². The van der Waals surface area contributed by atoms with Crippen LogP contribution in [0.15, 0.2) is 18.2 Å². The predicted molar refractivity (Wildman–Crippen MR) is 50.5 cm³/mol. The van der Waals surface area contributed by atoms with Gasteiger partial charge in [-0.3, -0.25) is 4.79 Å². The fraction of sp³-hybridized carbons (Fsp3) is 0. The molecule has 3 nitrogen and oxygen atoms in total. The number of fused-ring (bicyclic) bond motifs is 1. The van der Waals surface area contributed by atoms with Gasteiger partial charge < -0.3 is 10.2 Å². The maximum absolute atomic E-state index is 10.5. The Morgan fingerprint density at radius 2 is 2.08 bits per heavy atom. The highest BCUT2D eigenvalue weighted by molar-refractivity contribution is 7.21. The summed E-state index contributed by atoms with van der Waals surface area (Å²) < 4.78 is 0.789. The highest BCUT2D eigenvalue weighted by Crippen LogP contribution is 2.37. The number of hydrogen-bond acceptors (Lipinski definition) is 4. The molecule has 0 radical (unpaired) electrons. The van der Waals surface area contributed by atoms with Crippen molar-refractivity contribution in [1.82, 2.24) is 0 Å². The lowest BCUT2D eigenvalue weighted by atomic mass is 10.2. The van der Waals surface area contributed by atoms with Gasteiger partial charge in [0.2, 0.25) is 0 Å². The van der Waals surface area contributed by atoms with Crippen LogP contribution in [0.5, 0.6) is 11.5 Å². The third kappa shape index (κ3) is 1.15. The molecule has 2 aromatic rings. The van der Waals surface area contributed by atoms with Crippen molar-refractivity contribution < 1.29 is 15.0 Å². The van der Waals surface area contributed by atoms with Gasteiger partial charge in [0.1, 0.15) is 16.4 Å². The molecule has 13 heavy (non-hydrogen) atoms. The number of phenolic OH excluding ortho intramolecular Hbond substituents is 1. The van der Waals surface area contributed by atoms with Crippen molar-refractivity contribution in [2.75, 3.05) is 0 Å². The van der Waals surface area contributed by atoms with Gasteiger partial charge in [0.15, 0.2) is 6.29 Å². The monoisotopic (exact) mass is 194 g/mol. The van der Waals surface area contributed by atoms with Crippen molar-refractivity contribution in [2.24, 2.45) is 0 Å². The van der Waals surface area contributed by atoms with Crippen LogP contribution < -0.4 is 0 Å². The van der Waals surface area contributed by atoms with Crippen molar-refractivity contribution in [3.05, 3.63) is 23.1 Å². The third-order valence-electron chi connectivity index (χ3n) is 1.78. The number of hydrogen-bond donors (Lipinski definition) is 2. The van der Waals surface area contributed by atoms with E-state index in [0.717, 1.165) is 4.70 Å². The number of thiophene rings is 1. The summed E-state index contributed by atoms with van der Waals surface area (Å²) in [7, 11) is 0. The summed E-state index contributed by atoms with van der Waals surface area (Å²) in [6.07, 6.45) is 0.608. The molecular weight excluding hydrogens is 188 g/mol. The Bertz CT molecular complexity index is 473. The van der Waals surface area contributed by atoms with Crippen LogP contribution in [0, 0.1) is 0 Å². The predicted octanol–water partition coefficient (Wildman–Crippen LogP) is 2.12. The Labute approximate surface area is 77.9 Å². The second kappa shape index (κ2) is 2.74. The number of carbonyl (C=O) groups excluding carboxylic acids is 1. The maximum Gasteiger partial charge on any atom is 0.163 e. The molecule has 4 heteroatoms. The minimum atomic E-state index is -0.0501. The van der Waals surface area contributed by atoms with E-state index >= 15 is 0 Å². The van der Waals surface area contributed by atoms with Crippen molar-refractivity contribution in [1.29, 1.82) is 0 Å². The zero-order valence-electron chi connectivity index (χ0n) is 6.52. The zero-order chi connectivity index (χ0) is 9.42. The molecule has 2 N–H and O–H groups in total. The molecule has 0 bridgehead atoms. The van der Waals surface area contributed by atoms with Gasteiger partial charge in [-0.1, -0.05) is 0 Å². The fourth-order valence-corrected chi connectivity index (χ4v) is 2.06. The van der Waals surface area contributed by atoms with E-state index in [1.165, 1.54) is 23.5 Å². The van der Waals surface area contributed by atoms with Gasteiger partial charge in [-0.25, -0.2) is 0 Å². The lowest BCUT2D eigenvalue weighted by Gasteiger charge is -1.91. The Morgan fingerprint density at radius 1 is 1.31 bits per heavy atom. The van der Waals surface area contributed by atoms with Gasteiger partial charge in [0, 0.05) is 10.1 Å². The molecule has 0 fully saturated rings. The summed E-state index contributed by atoms with van der Waals surface area (Å²) in [5.41, 5.74) is 0. The molecule has 1 heterocycles. The van der Waals surface area contributed by atoms with Gasteiger partial charge in [-0.05, 0) is 18.2 Å². The Kier molecular flexibility index (Phi) is 1.70. The summed E-state index contributed by atoms with van der Waals surface area (Å²) in [4.78, 5) is 10.8. The normalized spacial score (nSPS) is 10.5. The number of aldehydes is 1. The lowest BCUT2D eigenvalue weighted by Crippen LogP contribution is -1.69. The molecule has 0 saturated heterocycles. The van der Waals surface area contributed by atoms with Gasteiger partial charge in [0.05, 0.1) is 0 Å². The Morgan fingerprint density at radius 3 is 2.77 bits per heavy atom. The number of rotatable bonds is 1. The summed E-state index contributed by atoms with van der Waals surface area (Å²) in [5.74, 6) is 0.0314. The molecule has 0 atom stereocenters. The molecule has 0 amide bonds. The maximum atomic E-state index is 10.5. The minimum Gasteiger partial charge on any atom is -0.508 e. The number of carbonyl (C=O) groups is 1. The first-order chi connectivity index (χ1) is 6.22. The van der Waals surface area contributed by atoms with E-state index < -0.39 is 0 Å². The van der Waals surface area contributed by atoms with Crippen LogP contribution in [-0.4, -0.2) is 16.5 Å². The summed E-state index contributed by atoms with van der Waals surface area (Å²) >= 11 is 1.20. The van der Waals surface area contributed by atoms with E-state index in [9.17, 15) is 9.90 Å². The largest absolute Gasteiger partial charge is 0.508 e. The molecule has 0 unspecified atom stereocenters. The number of phenols is 1. The van der Waals surface area contributed by atoms with Crippen LogP contribution in [0.4, 0.5) is 0 Å². The highest BCUT2D eigenvalue weighted by atomic mass is 32.1. The molecule has 0 aliphatic rings. The van der Waals surface area contributed by atoms with Crippen LogP contribution in [0.25, 0.3) is 10.1 Å². The second-order valence-electron chi connectivity index (χ2n) is 2.61. The van der Waals surface area contributed by atoms with Gasteiger partial charge >= 0.3 is 0 Å². The van der Waals surface area contributed by atoms with Crippen LogP contribution >= 0.6 is 11.3 Å². The van der Waals surface area contributed by atoms with E-state index in [0.29, 0.717) is 16.5 Å². The first-order valence-electron chi connectivity index (χ1n) is 3.62. The van der Waals surface area contributed by atoms with E-state index in [4.69, 9.17) is 5.11 Å². The van der Waals surface area contributed by atoms with Crippen LogP contribution in [0.3, 0.4) is 0 Å². The van der Waals surface area contributed by atoms with Crippen molar-refractivity contribution in [3.63, 3.8) is 0 Å². The van der Waals surface area contributed by atoms with Gasteiger partial charge in [-0.15, -0.1) is 11.3 Å². The van der Waals surface area contributed by atoms with Gasteiger partial charge in [-0.2, -0.15) is 0 Å². The average molecular weight is 194 g/mol. The zero-order valence-corrected chi connectivity index (χ0v) is 7.34. The summed E-state index contributed by atoms with van der Waals surface area (Å²) in [6.45, 7) is 0. The standard InChI is InChI=1S/C9H6O3S/c10-4-8-9(12)6-3-5(11)1-2-7(6)13-8/h1-4,11-12H. The second-order valence-corrected chi connectivity index (χ2v) is 3.70. The average Bonchev–Trinajstić information content (AvgIpc) is 2.44. The Balaban J connectivity index is 2.84. The number of benzene rings is 1. The molecule has 2 rings (SSSR count). The van der Waals surface area contributed by atoms with Crippen molar-refractivity contribution in [3.8, 4) is 11.5 Å². The van der Waals surface area contributed by atoms with E-state index in [1.54, 1.807) is 6.07 Å². The van der Waals surface area contributed by atoms with Crippen LogP contribution in [-0.2, 0) is 0 Å². The van der Waals surface area contributed by atoms with Crippen molar-refractivity contribution in [2.45, 2.75) is 0 Å². The SMILES string of the molecule is O=Cc1sc2ccc(O)cc2c1O.